The van der Waals surface area contributed by atoms with Gasteiger partial charge in [0.2, 0.25) is 13.9 Å². The van der Waals surface area contributed by atoms with Crippen molar-refractivity contribution in [1.82, 2.24) is 0 Å². The Balaban J connectivity index is 2.74. The number of ether oxygens (including phenoxy) is 1. The van der Waals surface area contributed by atoms with Crippen LogP contribution >= 0.6 is 11.8 Å². The largest absolute Gasteiger partial charge is 0.464 e. The molecule has 7 nitrogen and oxygen atoms in total. The number of thioether (sulfide) groups is 1. The van der Waals surface area contributed by atoms with Gasteiger partial charge in [0.15, 0.2) is 0 Å². The van der Waals surface area contributed by atoms with Crippen molar-refractivity contribution in [2.24, 2.45) is 0 Å². The van der Waals surface area contributed by atoms with Gasteiger partial charge in [-0.05, 0) is 43.0 Å². The van der Waals surface area contributed by atoms with Crippen LogP contribution in [0.5, 0.6) is 0 Å². The first-order chi connectivity index (χ1) is 12.3. The van der Waals surface area contributed by atoms with Gasteiger partial charge in [0.05, 0.1) is 16.4 Å². The molecule has 0 fully saturated rings. The number of benzene rings is 2. The first-order valence-electron chi connectivity index (χ1n) is 7.58. The van der Waals surface area contributed by atoms with E-state index in [1.165, 1.54) is 42.7 Å². The molecule has 0 spiro atoms. The van der Waals surface area contributed by atoms with Crippen molar-refractivity contribution in [3.63, 3.8) is 0 Å². The number of nitro benzene ring substituents is 1. The van der Waals surface area contributed by atoms with Crippen molar-refractivity contribution in [3.05, 3.63) is 70.3 Å². The zero-order chi connectivity index (χ0) is 19.4. The molecule has 9 heteroatoms. The summed E-state index contributed by atoms with van der Waals surface area (Å²) >= 11 is 0.802. The minimum atomic E-state index is -4.20. The van der Waals surface area contributed by atoms with Gasteiger partial charge in [-0.1, -0.05) is 18.2 Å². The zero-order valence-electron chi connectivity index (χ0n) is 14.1. The number of nitro groups is 1. The zero-order valence-corrected chi connectivity index (χ0v) is 15.7. The first-order valence-corrected chi connectivity index (χ1v) is 10.3. The van der Waals surface area contributed by atoms with Crippen LogP contribution in [0, 0.1) is 10.1 Å². The lowest BCUT2D eigenvalue weighted by Crippen LogP contribution is -2.42. The van der Waals surface area contributed by atoms with Gasteiger partial charge >= 0.3 is 5.97 Å². The molecular weight excluding hydrogens is 378 g/mol. The maximum atomic E-state index is 13.4. The molecule has 0 aliphatic carbocycles. The summed E-state index contributed by atoms with van der Waals surface area (Å²) in [5.74, 6) is -0.940. The monoisotopic (exact) mass is 395 g/mol. The van der Waals surface area contributed by atoms with Gasteiger partial charge < -0.3 is 4.74 Å². The third kappa shape index (κ3) is 3.32. The van der Waals surface area contributed by atoms with Crippen LogP contribution in [0.25, 0.3) is 0 Å². The van der Waals surface area contributed by atoms with Gasteiger partial charge in [0, 0.05) is 12.1 Å². The molecule has 26 heavy (non-hydrogen) atoms. The summed E-state index contributed by atoms with van der Waals surface area (Å²) in [4.78, 5) is 23.0. The molecule has 0 N–H and O–H groups in total. The Labute approximate surface area is 155 Å². The van der Waals surface area contributed by atoms with Crippen LogP contribution in [0.1, 0.15) is 12.5 Å². The highest BCUT2D eigenvalue weighted by Gasteiger charge is 2.54. The Morgan fingerprint density at radius 2 is 1.73 bits per heavy atom. The van der Waals surface area contributed by atoms with E-state index in [-0.39, 0.29) is 22.8 Å². The molecule has 0 bridgehead atoms. The van der Waals surface area contributed by atoms with E-state index < -0.39 is 24.8 Å². The third-order valence-corrected chi connectivity index (χ3v) is 7.91. The van der Waals surface area contributed by atoms with E-state index in [1.807, 2.05) is 0 Å². The Morgan fingerprint density at radius 1 is 1.15 bits per heavy atom. The summed E-state index contributed by atoms with van der Waals surface area (Å²) in [5.41, 5.74) is -0.109. The molecule has 1 atom stereocenters. The second kappa shape index (κ2) is 7.88. The van der Waals surface area contributed by atoms with Crippen molar-refractivity contribution in [2.45, 2.75) is 15.9 Å². The lowest BCUT2D eigenvalue weighted by molar-refractivity contribution is -0.384. The van der Waals surface area contributed by atoms with Gasteiger partial charge in [0.1, 0.15) is 0 Å². The number of esters is 1. The summed E-state index contributed by atoms with van der Waals surface area (Å²) < 4.78 is 29.7. The molecule has 0 aliphatic rings. The first kappa shape index (κ1) is 19.9. The van der Waals surface area contributed by atoms with E-state index in [1.54, 1.807) is 25.1 Å². The fourth-order valence-corrected chi connectivity index (χ4v) is 5.82. The van der Waals surface area contributed by atoms with Crippen LogP contribution in [-0.4, -0.2) is 32.2 Å². The van der Waals surface area contributed by atoms with Crippen molar-refractivity contribution in [3.8, 4) is 0 Å². The molecule has 2 rings (SSSR count). The SMILES string of the molecule is CCOC(=O)C(SC)(c1ccc([N+](=O)[O-])cc1)S(=O)(=O)c1ccccc1. The predicted molar refractivity (Wildman–Crippen MR) is 98.6 cm³/mol. The number of sulfone groups is 1. The molecule has 0 amide bonds. The van der Waals surface area contributed by atoms with E-state index in [0.717, 1.165) is 11.8 Å². The molecule has 2 aromatic rings. The number of carbonyl (C=O) groups excluding carboxylic acids is 1. The second-order valence-electron chi connectivity index (χ2n) is 5.16. The second-order valence-corrected chi connectivity index (χ2v) is 8.53. The molecule has 138 valence electrons. The van der Waals surface area contributed by atoms with E-state index in [4.69, 9.17) is 4.74 Å². The predicted octanol–water partition coefficient (Wildman–Crippen LogP) is 3.15. The number of carbonyl (C=O) groups is 1. The van der Waals surface area contributed by atoms with Crippen molar-refractivity contribution >= 4 is 33.3 Å². The highest BCUT2D eigenvalue weighted by molar-refractivity contribution is 8.14. The van der Waals surface area contributed by atoms with Crippen LogP contribution in [-0.2, 0) is 23.4 Å². The maximum absolute atomic E-state index is 13.4. The Bertz CT molecular complexity index is 897. The minimum absolute atomic E-state index is 0.00155. The Kier molecular flexibility index (Phi) is 6.04. The lowest BCUT2D eigenvalue weighted by atomic mass is 10.1. The molecule has 0 saturated carbocycles. The van der Waals surface area contributed by atoms with Crippen molar-refractivity contribution in [2.75, 3.05) is 12.9 Å². The van der Waals surface area contributed by atoms with Gasteiger partial charge in [-0.2, -0.15) is 0 Å². The highest BCUT2D eigenvalue weighted by atomic mass is 32.3. The van der Waals surface area contributed by atoms with Gasteiger partial charge in [-0.3, -0.25) is 10.1 Å². The Hall–Kier alpha value is -2.39. The normalized spacial score (nSPS) is 13.6. The standard InChI is InChI=1S/C17H17NO6S2/c1-3-24-16(19)17(25-2,13-9-11-14(12-10-13)18(20)21)26(22,23)15-7-5-4-6-8-15/h4-12H,3H2,1-2H3. The summed E-state index contributed by atoms with van der Waals surface area (Å²) in [6, 6.07) is 12.4. The van der Waals surface area contributed by atoms with Gasteiger partial charge in [-0.25, -0.2) is 13.2 Å². The topological polar surface area (TPSA) is 104 Å². The van der Waals surface area contributed by atoms with Crippen LogP contribution in [0.2, 0.25) is 0 Å². The molecule has 0 aliphatic heterocycles. The molecule has 0 saturated heterocycles. The van der Waals surface area contributed by atoms with E-state index in [0.29, 0.717) is 0 Å². The molecule has 1 unspecified atom stereocenters. The van der Waals surface area contributed by atoms with Crippen LogP contribution < -0.4 is 0 Å². The molecule has 0 aromatic heterocycles. The van der Waals surface area contributed by atoms with E-state index in [9.17, 15) is 23.3 Å². The quantitative estimate of drug-likeness (QED) is 0.403. The average Bonchev–Trinajstić information content (AvgIpc) is 2.64. The van der Waals surface area contributed by atoms with E-state index >= 15 is 0 Å². The maximum Gasteiger partial charge on any atom is 0.342 e. The van der Waals surface area contributed by atoms with Gasteiger partial charge in [-0.15, -0.1) is 11.8 Å². The highest BCUT2D eigenvalue weighted by Crippen LogP contribution is 2.45. The molecule has 2 aromatic carbocycles. The number of nitrogens with zero attached hydrogens (tertiary/aromatic N) is 1. The van der Waals surface area contributed by atoms with Crippen molar-refractivity contribution < 1.29 is 22.9 Å². The molecule has 0 heterocycles. The fourth-order valence-electron chi connectivity index (χ4n) is 2.49. The fraction of sp³-hybridized carbons (Fsp3) is 0.235. The number of hydrogen-bond donors (Lipinski definition) is 0. The van der Waals surface area contributed by atoms with Crippen LogP contribution in [0.3, 0.4) is 0 Å². The summed E-state index contributed by atoms with van der Waals surface area (Å²) in [6.45, 7) is 1.58. The summed E-state index contributed by atoms with van der Waals surface area (Å²) in [7, 11) is -4.20. The third-order valence-electron chi connectivity index (χ3n) is 3.72. The lowest BCUT2D eigenvalue weighted by Gasteiger charge is -2.29. The number of non-ortho nitro benzene ring substituents is 1. The van der Waals surface area contributed by atoms with Crippen molar-refractivity contribution in [1.29, 1.82) is 0 Å². The van der Waals surface area contributed by atoms with Gasteiger partial charge in [0.25, 0.3) is 5.69 Å². The van der Waals surface area contributed by atoms with E-state index in [2.05, 4.69) is 0 Å². The number of hydrogen-bond acceptors (Lipinski definition) is 7. The smallest absolute Gasteiger partial charge is 0.342 e. The summed E-state index contributed by atoms with van der Waals surface area (Å²) in [5, 5.41) is 10.9. The number of rotatable bonds is 7. The minimum Gasteiger partial charge on any atom is -0.464 e. The average molecular weight is 395 g/mol. The molecular formula is C17H17NO6S2. The van der Waals surface area contributed by atoms with Crippen LogP contribution in [0.4, 0.5) is 5.69 Å². The molecule has 0 radical (unpaired) electrons. The van der Waals surface area contributed by atoms with Crippen LogP contribution in [0.15, 0.2) is 59.5 Å². The summed E-state index contributed by atoms with van der Waals surface area (Å²) in [6.07, 6.45) is 1.48. The Morgan fingerprint density at radius 3 is 2.19 bits per heavy atom.